The van der Waals surface area contributed by atoms with Crippen LogP contribution in [0.5, 0.6) is 0 Å². The molecule has 2 aromatic rings. The summed E-state index contributed by atoms with van der Waals surface area (Å²) >= 11 is 6.07. The van der Waals surface area contributed by atoms with Crippen molar-refractivity contribution >= 4 is 17.5 Å². The lowest BCUT2D eigenvalue weighted by Gasteiger charge is -2.38. The van der Waals surface area contributed by atoms with Crippen molar-refractivity contribution < 1.29 is 13.6 Å². The SMILES string of the molecule is O=C(c1cnn(-c2ncccc2Cl)c1C(F)F)N1CCC2(CCNC2)CC1. The first kappa shape index (κ1) is 18.3. The Bertz CT molecular complexity index is 840. The third kappa shape index (κ3) is 3.32. The van der Waals surface area contributed by atoms with Crippen LogP contribution in [0.4, 0.5) is 8.78 Å². The van der Waals surface area contributed by atoms with Crippen molar-refractivity contribution in [1.29, 1.82) is 0 Å². The number of amides is 1. The number of piperidine rings is 1. The topological polar surface area (TPSA) is 63.1 Å². The maximum absolute atomic E-state index is 13.8. The number of carbonyl (C=O) groups is 1. The summed E-state index contributed by atoms with van der Waals surface area (Å²) in [6.45, 7) is 3.10. The molecule has 9 heteroatoms. The van der Waals surface area contributed by atoms with Crippen LogP contribution in [0.3, 0.4) is 0 Å². The smallest absolute Gasteiger partial charge is 0.281 e. The number of likely N-dealkylation sites (tertiary alicyclic amines) is 1. The molecular formula is C18H20ClF2N5O. The molecule has 0 aromatic carbocycles. The number of nitrogens with zero attached hydrogens (tertiary/aromatic N) is 4. The standard InChI is InChI=1S/C18H20ClF2N5O/c19-13-2-1-6-23-16(13)26-14(15(20)21)12(10-24-26)17(27)25-8-4-18(5-9-25)3-7-22-11-18/h1-2,6,10,15,22H,3-5,7-9,11H2. The van der Waals surface area contributed by atoms with Gasteiger partial charge >= 0.3 is 0 Å². The molecule has 27 heavy (non-hydrogen) atoms. The molecular weight excluding hydrogens is 376 g/mol. The van der Waals surface area contributed by atoms with Crippen molar-refractivity contribution in [3.63, 3.8) is 0 Å². The molecule has 1 amide bonds. The van der Waals surface area contributed by atoms with Gasteiger partial charge in [0.15, 0.2) is 5.82 Å². The third-order valence-electron chi connectivity index (χ3n) is 5.63. The van der Waals surface area contributed by atoms with E-state index in [0.29, 0.717) is 13.1 Å². The molecule has 144 valence electrons. The van der Waals surface area contributed by atoms with Gasteiger partial charge in [0, 0.05) is 25.8 Å². The Labute approximate surface area is 160 Å². The minimum atomic E-state index is -2.88. The summed E-state index contributed by atoms with van der Waals surface area (Å²) < 4.78 is 28.6. The Morgan fingerprint density at radius 3 is 2.70 bits per heavy atom. The molecule has 4 rings (SSSR count). The predicted molar refractivity (Wildman–Crippen MR) is 96.4 cm³/mol. The minimum Gasteiger partial charge on any atom is -0.338 e. The van der Waals surface area contributed by atoms with Gasteiger partial charge in [-0.2, -0.15) is 5.10 Å². The highest BCUT2D eigenvalue weighted by atomic mass is 35.5. The van der Waals surface area contributed by atoms with Gasteiger partial charge in [-0.3, -0.25) is 4.79 Å². The molecule has 2 aliphatic rings. The molecule has 0 radical (unpaired) electrons. The number of aromatic nitrogens is 3. The quantitative estimate of drug-likeness (QED) is 0.867. The van der Waals surface area contributed by atoms with Crippen LogP contribution in [0.2, 0.25) is 5.02 Å². The molecule has 0 atom stereocenters. The van der Waals surface area contributed by atoms with E-state index in [1.54, 1.807) is 17.0 Å². The van der Waals surface area contributed by atoms with E-state index in [4.69, 9.17) is 11.6 Å². The summed E-state index contributed by atoms with van der Waals surface area (Å²) in [5.41, 5.74) is -0.316. The number of pyridine rings is 1. The van der Waals surface area contributed by atoms with Crippen molar-refractivity contribution in [2.24, 2.45) is 5.41 Å². The molecule has 2 saturated heterocycles. The average molecular weight is 396 g/mol. The lowest BCUT2D eigenvalue weighted by molar-refractivity contribution is 0.0596. The van der Waals surface area contributed by atoms with Gasteiger partial charge in [-0.25, -0.2) is 18.4 Å². The van der Waals surface area contributed by atoms with E-state index in [0.717, 1.165) is 37.0 Å². The molecule has 2 fully saturated rings. The molecule has 0 unspecified atom stereocenters. The maximum atomic E-state index is 13.8. The Morgan fingerprint density at radius 2 is 2.07 bits per heavy atom. The van der Waals surface area contributed by atoms with Crippen molar-refractivity contribution in [2.45, 2.75) is 25.7 Å². The Hall–Kier alpha value is -2.06. The van der Waals surface area contributed by atoms with E-state index in [2.05, 4.69) is 15.4 Å². The Kier molecular flexibility index (Phi) is 4.86. The third-order valence-corrected chi connectivity index (χ3v) is 5.92. The van der Waals surface area contributed by atoms with Crippen LogP contribution >= 0.6 is 11.6 Å². The molecule has 2 aliphatic heterocycles. The van der Waals surface area contributed by atoms with Crippen LogP contribution in [0, 0.1) is 5.41 Å². The van der Waals surface area contributed by atoms with E-state index < -0.39 is 18.0 Å². The molecule has 2 aromatic heterocycles. The van der Waals surface area contributed by atoms with Crippen molar-refractivity contribution in [3.8, 4) is 5.82 Å². The van der Waals surface area contributed by atoms with E-state index in [9.17, 15) is 13.6 Å². The van der Waals surface area contributed by atoms with Gasteiger partial charge < -0.3 is 10.2 Å². The molecule has 6 nitrogen and oxygen atoms in total. The second-order valence-electron chi connectivity index (χ2n) is 7.18. The maximum Gasteiger partial charge on any atom is 0.281 e. The molecule has 0 saturated carbocycles. The highest BCUT2D eigenvalue weighted by Gasteiger charge is 2.39. The Morgan fingerprint density at radius 1 is 1.30 bits per heavy atom. The van der Waals surface area contributed by atoms with E-state index >= 15 is 0 Å². The number of rotatable bonds is 3. The van der Waals surface area contributed by atoms with Crippen LogP contribution in [0.15, 0.2) is 24.5 Å². The monoisotopic (exact) mass is 395 g/mol. The van der Waals surface area contributed by atoms with Crippen molar-refractivity contribution in [1.82, 2.24) is 25.0 Å². The van der Waals surface area contributed by atoms with Crippen LogP contribution < -0.4 is 5.32 Å². The average Bonchev–Trinajstić information content (AvgIpc) is 3.30. The first-order valence-corrected chi connectivity index (χ1v) is 9.35. The summed E-state index contributed by atoms with van der Waals surface area (Å²) in [5, 5.41) is 7.55. The van der Waals surface area contributed by atoms with E-state index in [1.165, 1.54) is 12.4 Å². The summed E-state index contributed by atoms with van der Waals surface area (Å²) in [6.07, 6.45) is 2.63. The van der Waals surface area contributed by atoms with Gasteiger partial charge in [-0.15, -0.1) is 0 Å². The van der Waals surface area contributed by atoms with E-state index in [1.807, 2.05) is 0 Å². The van der Waals surface area contributed by atoms with Gasteiger partial charge in [0.25, 0.3) is 12.3 Å². The molecule has 0 bridgehead atoms. The normalized spacial score (nSPS) is 19.2. The van der Waals surface area contributed by atoms with E-state index in [-0.39, 0.29) is 21.8 Å². The van der Waals surface area contributed by atoms with Gasteiger partial charge in [-0.1, -0.05) is 11.6 Å². The zero-order valence-electron chi connectivity index (χ0n) is 14.7. The zero-order valence-corrected chi connectivity index (χ0v) is 15.4. The Balaban J connectivity index is 1.60. The fraction of sp³-hybridized carbons (Fsp3) is 0.500. The number of hydrogen-bond donors (Lipinski definition) is 1. The van der Waals surface area contributed by atoms with Crippen molar-refractivity contribution in [3.05, 3.63) is 40.8 Å². The van der Waals surface area contributed by atoms with Gasteiger partial charge in [0.05, 0.1) is 16.8 Å². The molecule has 1 N–H and O–H groups in total. The fourth-order valence-electron chi connectivity index (χ4n) is 4.01. The van der Waals surface area contributed by atoms with Gasteiger partial charge in [0.2, 0.25) is 0 Å². The first-order valence-electron chi connectivity index (χ1n) is 8.98. The summed E-state index contributed by atoms with van der Waals surface area (Å²) in [4.78, 5) is 18.6. The lowest BCUT2D eigenvalue weighted by atomic mass is 9.78. The summed E-state index contributed by atoms with van der Waals surface area (Å²) in [5.74, 6) is -0.326. The van der Waals surface area contributed by atoms with Crippen LogP contribution in [-0.4, -0.2) is 51.8 Å². The summed E-state index contributed by atoms with van der Waals surface area (Å²) in [7, 11) is 0. The highest BCUT2D eigenvalue weighted by molar-refractivity contribution is 6.32. The first-order chi connectivity index (χ1) is 13.0. The molecule has 0 aliphatic carbocycles. The number of hydrogen-bond acceptors (Lipinski definition) is 4. The second-order valence-corrected chi connectivity index (χ2v) is 7.59. The fourth-order valence-corrected chi connectivity index (χ4v) is 4.21. The number of nitrogens with one attached hydrogen (secondary N) is 1. The van der Waals surface area contributed by atoms with Crippen LogP contribution in [0.25, 0.3) is 5.82 Å². The van der Waals surface area contributed by atoms with Gasteiger partial charge in [-0.05, 0) is 43.4 Å². The number of alkyl halides is 2. The summed E-state index contributed by atoms with van der Waals surface area (Å²) in [6, 6.07) is 3.15. The minimum absolute atomic E-state index is 0.0862. The van der Waals surface area contributed by atoms with Crippen LogP contribution in [-0.2, 0) is 0 Å². The molecule has 1 spiro atoms. The van der Waals surface area contributed by atoms with Crippen molar-refractivity contribution in [2.75, 3.05) is 26.2 Å². The van der Waals surface area contributed by atoms with Crippen LogP contribution in [0.1, 0.15) is 41.7 Å². The lowest BCUT2D eigenvalue weighted by Crippen LogP contribution is -2.44. The second kappa shape index (κ2) is 7.16. The number of carbonyl (C=O) groups excluding carboxylic acids is 1. The largest absolute Gasteiger partial charge is 0.338 e. The molecule has 4 heterocycles. The number of halogens is 3. The highest BCUT2D eigenvalue weighted by Crippen LogP contribution is 2.38. The van der Waals surface area contributed by atoms with Gasteiger partial charge in [0.1, 0.15) is 5.69 Å². The zero-order chi connectivity index (χ0) is 19.0. The predicted octanol–water partition coefficient (Wildman–Crippen LogP) is 3.07.